The third-order valence-electron chi connectivity index (χ3n) is 2.39. The Bertz CT molecular complexity index is 523. The van der Waals surface area contributed by atoms with E-state index in [1.807, 2.05) is 22.8 Å². The van der Waals surface area contributed by atoms with Gasteiger partial charge in [-0.05, 0) is 39.0 Å². The molecule has 0 unspecified atom stereocenters. The summed E-state index contributed by atoms with van der Waals surface area (Å²) in [7, 11) is 0. The summed E-state index contributed by atoms with van der Waals surface area (Å²) in [5.74, 6) is 0.820. The number of aromatic nitrogens is 3. The number of nitrogens with zero attached hydrogens (tertiary/aromatic N) is 3. The number of hydrogen-bond donors (Lipinski definition) is 0. The zero-order valence-corrected chi connectivity index (χ0v) is 12.2. The van der Waals surface area contributed by atoms with Crippen LogP contribution in [0.2, 0.25) is 5.02 Å². The van der Waals surface area contributed by atoms with Gasteiger partial charge in [0.2, 0.25) is 0 Å². The average Bonchev–Trinajstić information content (AvgIpc) is 2.63. The maximum atomic E-state index is 6.05. The van der Waals surface area contributed by atoms with Crippen LogP contribution >= 0.6 is 27.5 Å². The van der Waals surface area contributed by atoms with Crippen molar-refractivity contribution in [2.45, 2.75) is 26.3 Å². The molecule has 2 rings (SSSR count). The van der Waals surface area contributed by atoms with Crippen molar-refractivity contribution < 1.29 is 0 Å². The lowest BCUT2D eigenvalue weighted by Crippen LogP contribution is -2.21. The molecule has 0 aliphatic heterocycles. The van der Waals surface area contributed by atoms with Gasteiger partial charge in [0.1, 0.15) is 6.33 Å². The molecule has 17 heavy (non-hydrogen) atoms. The summed E-state index contributed by atoms with van der Waals surface area (Å²) in [5, 5.41) is 8.83. The highest BCUT2D eigenvalue weighted by Crippen LogP contribution is 2.28. The zero-order chi connectivity index (χ0) is 12.6. The lowest BCUT2D eigenvalue weighted by molar-refractivity contribution is 0.400. The topological polar surface area (TPSA) is 30.7 Å². The highest BCUT2D eigenvalue weighted by molar-refractivity contribution is 9.10. The first-order chi connectivity index (χ1) is 7.88. The first kappa shape index (κ1) is 12.6. The molecule has 0 spiro atoms. The molecule has 90 valence electrons. The Morgan fingerprint density at radius 2 is 1.94 bits per heavy atom. The molecule has 0 aliphatic rings. The lowest BCUT2D eigenvalue weighted by atomic mass is 10.1. The molecule has 3 nitrogen and oxygen atoms in total. The van der Waals surface area contributed by atoms with Crippen LogP contribution in [0, 0.1) is 0 Å². The average molecular weight is 315 g/mol. The van der Waals surface area contributed by atoms with Crippen LogP contribution in [0.4, 0.5) is 0 Å². The van der Waals surface area contributed by atoms with E-state index >= 15 is 0 Å². The largest absolute Gasteiger partial charge is 0.308 e. The fourth-order valence-electron chi connectivity index (χ4n) is 1.61. The van der Waals surface area contributed by atoms with E-state index in [0.717, 1.165) is 15.9 Å². The van der Waals surface area contributed by atoms with Gasteiger partial charge in [0, 0.05) is 20.6 Å². The summed E-state index contributed by atoms with van der Waals surface area (Å²) in [6.45, 7) is 6.33. The molecule has 0 atom stereocenters. The Hall–Kier alpha value is -0.870. The molecule has 0 radical (unpaired) electrons. The molecule has 0 amide bonds. The van der Waals surface area contributed by atoms with Crippen LogP contribution in [-0.4, -0.2) is 14.8 Å². The second kappa shape index (κ2) is 4.42. The number of benzene rings is 1. The number of rotatable bonds is 1. The van der Waals surface area contributed by atoms with E-state index in [-0.39, 0.29) is 5.54 Å². The van der Waals surface area contributed by atoms with Crippen LogP contribution in [0.1, 0.15) is 20.8 Å². The summed E-state index contributed by atoms with van der Waals surface area (Å²) in [6, 6.07) is 5.72. The van der Waals surface area contributed by atoms with Crippen LogP contribution in [0.15, 0.2) is 29.0 Å². The minimum absolute atomic E-state index is 0.0619. The van der Waals surface area contributed by atoms with E-state index in [1.54, 1.807) is 6.33 Å². The van der Waals surface area contributed by atoms with Crippen molar-refractivity contribution in [3.8, 4) is 11.4 Å². The molecule has 0 aliphatic carbocycles. The Labute approximate surface area is 114 Å². The maximum absolute atomic E-state index is 6.05. The first-order valence-electron chi connectivity index (χ1n) is 5.25. The van der Waals surface area contributed by atoms with Crippen LogP contribution < -0.4 is 0 Å². The quantitative estimate of drug-likeness (QED) is 0.793. The number of hydrogen-bond acceptors (Lipinski definition) is 2. The van der Waals surface area contributed by atoms with Gasteiger partial charge < -0.3 is 4.57 Å². The zero-order valence-electron chi connectivity index (χ0n) is 9.91. The monoisotopic (exact) mass is 313 g/mol. The van der Waals surface area contributed by atoms with Crippen molar-refractivity contribution in [2.24, 2.45) is 0 Å². The lowest BCUT2D eigenvalue weighted by Gasteiger charge is -2.22. The standard InChI is InChI=1S/C12H13BrClN3/c1-12(2,3)17-7-15-16-11(17)8-4-9(13)6-10(14)5-8/h4-7H,1-3H3. The van der Waals surface area contributed by atoms with Gasteiger partial charge in [-0.1, -0.05) is 27.5 Å². The molecule has 5 heteroatoms. The molecule has 0 saturated carbocycles. The van der Waals surface area contributed by atoms with Crippen molar-refractivity contribution in [3.63, 3.8) is 0 Å². The van der Waals surface area contributed by atoms with Gasteiger partial charge in [-0.2, -0.15) is 0 Å². The van der Waals surface area contributed by atoms with Crippen LogP contribution in [0.25, 0.3) is 11.4 Å². The van der Waals surface area contributed by atoms with Gasteiger partial charge in [0.05, 0.1) is 0 Å². The third kappa shape index (κ3) is 2.69. The summed E-state index contributed by atoms with van der Waals surface area (Å²) < 4.78 is 2.97. The van der Waals surface area contributed by atoms with Crippen LogP contribution in [-0.2, 0) is 5.54 Å². The highest BCUT2D eigenvalue weighted by atomic mass is 79.9. The second-order valence-electron chi connectivity index (χ2n) is 4.85. The van der Waals surface area contributed by atoms with Crippen molar-refractivity contribution in [3.05, 3.63) is 34.0 Å². The maximum Gasteiger partial charge on any atom is 0.164 e. The van der Waals surface area contributed by atoms with Gasteiger partial charge in [-0.3, -0.25) is 0 Å². The Morgan fingerprint density at radius 3 is 2.53 bits per heavy atom. The molecule has 1 aromatic heterocycles. The van der Waals surface area contributed by atoms with E-state index in [4.69, 9.17) is 11.6 Å². The second-order valence-corrected chi connectivity index (χ2v) is 6.21. The molecule has 1 aromatic carbocycles. The minimum Gasteiger partial charge on any atom is -0.308 e. The Morgan fingerprint density at radius 1 is 1.24 bits per heavy atom. The van der Waals surface area contributed by atoms with Crippen molar-refractivity contribution >= 4 is 27.5 Å². The fourth-order valence-corrected chi connectivity index (χ4v) is 2.47. The van der Waals surface area contributed by atoms with E-state index in [2.05, 4.69) is 46.9 Å². The van der Waals surface area contributed by atoms with Gasteiger partial charge >= 0.3 is 0 Å². The molecule has 0 N–H and O–H groups in total. The smallest absolute Gasteiger partial charge is 0.164 e. The van der Waals surface area contributed by atoms with E-state index < -0.39 is 0 Å². The molecular weight excluding hydrogens is 302 g/mol. The summed E-state index contributed by atoms with van der Waals surface area (Å²) in [5.41, 5.74) is 0.893. The van der Waals surface area contributed by atoms with E-state index in [1.165, 1.54) is 0 Å². The van der Waals surface area contributed by atoms with Crippen molar-refractivity contribution in [2.75, 3.05) is 0 Å². The summed E-state index contributed by atoms with van der Waals surface area (Å²) in [4.78, 5) is 0. The molecule has 0 bridgehead atoms. The van der Waals surface area contributed by atoms with E-state index in [0.29, 0.717) is 5.02 Å². The molecular formula is C12H13BrClN3. The molecule has 2 aromatic rings. The van der Waals surface area contributed by atoms with Crippen LogP contribution in [0.5, 0.6) is 0 Å². The fraction of sp³-hybridized carbons (Fsp3) is 0.333. The van der Waals surface area contributed by atoms with Gasteiger partial charge in [0.25, 0.3) is 0 Å². The van der Waals surface area contributed by atoms with Crippen molar-refractivity contribution in [1.29, 1.82) is 0 Å². The predicted molar refractivity (Wildman–Crippen MR) is 73.2 cm³/mol. The molecule has 0 fully saturated rings. The van der Waals surface area contributed by atoms with Crippen LogP contribution in [0.3, 0.4) is 0 Å². The number of halogens is 2. The SMILES string of the molecule is CC(C)(C)n1cnnc1-c1cc(Cl)cc(Br)c1. The Balaban J connectivity index is 2.57. The van der Waals surface area contributed by atoms with Gasteiger partial charge in [-0.25, -0.2) is 0 Å². The normalized spacial score (nSPS) is 11.8. The van der Waals surface area contributed by atoms with Gasteiger partial charge in [0.15, 0.2) is 5.82 Å². The minimum atomic E-state index is -0.0619. The molecule has 0 saturated heterocycles. The van der Waals surface area contributed by atoms with Gasteiger partial charge in [-0.15, -0.1) is 10.2 Å². The summed E-state index contributed by atoms with van der Waals surface area (Å²) in [6.07, 6.45) is 1.74. The third-order valence-corrected chi connectivity index (χ3v) is 3.07. The highest BCUT2D eigenvalue weighted by Gasteiger charge is 2.19. The molecule has 1 heterocycles. The van der Waals surface area contributed by atoms with E-state index in [9.17, 15) is 0 Å². The predicted octanol–water partition coefficient (Wildman–Crippen LogP) is 4.12. The van der Waals surface area contributed by atoms with Crippen molar-refractivity contribution in [1.82, 2.24) is 14.8 Å². The Kier molecular flexibility index (Phi) is 3.27. The summed E-state index contributed by atoms with van der Waals surface area (Å²) >= 11 is 9.48. The first-order valence-corrected chi connectivity index (χ1v) is 6.42.